The number of halogens is 1. The van der Waals surface area contributed by atoms with E-state index in [1.165, 1.54) is 12.8 Å². The van der Waals surface area contributed by atoms with E-state index in [1.54, 1.807) is 13.2 Å². The van der Waals surface area contributed by atoms with Crippen LogP contribution in [0, 0.1) is 0 Å². The maximum absolute atomic E-state index is 6.31. The van der Waals surface area contributed by atoms with E-state index in [9.17, 15) is 0 Å². The second-order valence-electron chi connectivity index (χ2n) is 5.30. The minimum Gasteiger partial charge on any atom is -0.495 e. The van der Waals surface area contributed by atoms with E-state index in [-0.39, 0.29) is 0 Å². The van der Waals surface area contributed by atoms with Crippen LogP contribution in [0.15, 0.2) is 12.1 Å². The number of anilines is 2. The van der Waals surface area contributed by atoms with Gasteiger partial charge in [0.25, 0.3) is 0 Å². The molecule has 1 aromatic carbocycles. The van der Waals surface area contributed by atoms with E-state index in [0.29, 0.717) is 16.5 Å². The average Bonchev–Trinajstić information content (AvgIpc) is 3.24. The lowest BCUT2D eigenvalue weighted by Crippen LogP contribution is -2.47. The minimum absolute atomic E-state index is 0.591. The van der Waals surface area contributed by atoms with Crippen LogP contribution in [0.3, 0.4) is 0 Å². The van der Waals surface area contributed by atoms with Crippen molar-refractivity contribution >= 4 is 23.0 Å². The number of rotatable bonds is 3. The molecule has 0 radical (unpaired) electrons. The second-order valence-corrected chi connectivity index (χ2v) is 5.71. The van der Waals surface area contributed by atoms with Crippen LogP contribution >= 0.6 is 11.6 Å². The third kappa shape index (κ3) is 2.60. The highest BCUT2D eigenvalue weighted by Gasteiger charge is 2.31. The Morgan fingerprint density at radius 3 is 2.47 bits per heavy atom. The Hall–Kier alpha value is -1.13. The summed E-state index contributed by atoms with van der Waals surface area (Å²) in [6.45, 7) is 4.27. The summed E-state index contributed by atoms with van der Waals surface area (Å²) in [5, 5.41) is 0.707. The summed E-state index contributed by atoms with van der Waals surface area (Å²) in [5.41, 5.74) is 7.49. The highest BCUT2D eigenvalue weighted by Crippen LogP contribution is 2.36. The van der Waals surface area contributed by atoms with Crippen LogP contribution in [0.5, 0.6) is 5.75 Å². The highest BCUT2D eigenvalue weighted by molar-refractivity contribution is 6.33. The number of nitrogens with zero attached hydrogens (tertiary/aromatic N) is 2. The molecule has 5 heteroatoms. The molecule has 3 rings (SSSR count). The summed E-state index contributed by atoms with van der Waals surface area (Å²) < 4.78 is 5.28. The molecule has 0 aromatic heterocycles. The maximum atomic E-state index is 6.31. The van der Waals surface area contributed by atoms with Gasteiger partial charge in [0, 0.05) is 38.3 Å². The Bertz CT molecular complexity index is 468. The van der Waals surface area contributed by atoms with Crippen molar-refractivity contribution in [3.63, 3.8) is 0 Å². The predicted molar refractivity (Wildman–Crippen MR) is 79.2 cm³/mol. The maximum Gasteiger partial charge on any atom is 0.143 e. The molecule has 1 aliphatic carbocycles. The number of hydrogen-bond acceptors (Lipinski definition) is 4. The van der Waals surface area contributed by atoms with Crippen LogP contribution in [0.1, 0.15) is 12.8 Å². The van der Waals surface area contributed by atoms with Gasteiger partial charge in [-0.15, -0.1) is 0 Å². The van der Waals surface area contributed by atoms with Gasteiger partial charge in [-0.2, -0.15) is 0 Å². The molecule has 1 saturated carbocycles. The molecule has 104 valence electrons. The Morgan fingerprint density at radius 1 is 1.21 bits per heavy atom. The van der Waals surface area contributed by atoms with E-state index < -0.39 is 0 Å². The molecule has 19 heavy (non-hydrogen) atoms. The van der Waals surface area contributed by atoms with E-state index in [4.69, 9.17) is 22.1 Å². The molecule has 1 heterocycles. The van der Waals surface area contributed by atoms with E-state index in [0.717, 1.165) is 37.9 Å². The average molecular weight is 282 g/mol. The molecule has 1 aliphatic heterocycles. The van der Waals surface area contributed by atoms with Gasteiger partial charge in [-0.1, -0.05) is 11.6 Å². The molecular formula is C14H20ClN3O. The van der Waals surface area contributed by atoms with Gasteiger partial charge in [0.05, 0.1) is 23.5 Å². The summed E-state index contributed by atoms with van der Waals surface area (Å²) in [5.74, 6) is 0.698. The first-order chi connectivity index (χ1) is 9.19. The van der Waals surface area contributed by atoms with Crippen molar-refractivity contribution in [2.75, 3.05) is 43.9 Å². The molecular weight excluding hydrogens is 262 g/mol. The fraction of sp³-hybridized carbons (Fsp3) is 0.571. The molecule has 0 unspecified atom stereocenters. The fourth-order valence-corrected chi connectivity index (χ4v) is 3.04. The molecule has 4 nitrogen and oxygen atoms in total. The molecule has 1 saturated heterocycles. The molecule has 0 spiro atoms. The topological polar surface area (TPSA) is 41.7 Å². The zero-order chi connectivity index (χ0) is 13.4. The van der Waals surface area contributed by atoms with Crippen molar-refractivity contribution in [2.45, 2.75) is 18.9 Å². The van der Waals surface area contributed by atoms with Crippen LogP contribution in [0.25, 0.3) is 0 Å². The number of ether oxygens (including phenoxy) is 1. The first-order valence-electron chi connectivity index (χ1n) is 6.81. The van der Waals surface area contributed by atoms with Crippen LogP contribution in [0.2, 0.25) is 5.02 Å². The van der Waals surface area contributed by atoms with E-state index >= 15 is 0 Å². The SMILES string of the molecule is COc1cc(N2CCN(C3CC3)CC2)c(Cl)cc1N. The Balaban J connectivity index is 1.75. The van der Waals surface area contributed by atoms with Gasteiger partial charge in [-0.25, -0.2) is 0 Å². The highest BCUT2D eigenvalue weighted by atomic mass is 35.5. The number of piperazine rings is 1. The standard InChI is InChI=1S/C14H20ClN3O/c1-19-14-9-13(11(15)8-12(14)16)18-6-4-17(5-7-18)10-2-3-10/h8-10H,2-7,16H2,1H3. The van der Waals surface area contributed by atoms with Gasteiger partial charge in [-0.3, -0.25) is 4.90 Å². The van der Waals surface area contributed by atoms with Crippen molar-refractivity contribution in [1.82, 2.24) is 4.90 Å². The summed E-state index contributed by atoms with van der Waals surface area (Å²) in [4.78, 5) is 4.90. The van der Waals surface area contributed by atoms with Crippen molar-refractivity contribution in [3.8, 4) is 5.75 Å². The third-order valence-corrected chi connectivity index (χ3v) is 4.32. The first kappa shape index (κ1) is 12.9. The monoisotopic (exact) mass is 281 g/mol. The van der Waals surface area contributed by atoms with Crippen molar-refractivity contribution in [1.29, 1.82) is 0 Å². The molecule has 0 atom stereocenters. The molecule has 2 aliphatic rings. The van der Waals surface area contributed by atoms with E-state index in [2.05, 4.69) is 9.80 Å². The summed E-state index contributed by atoms with van der Waals surface area (Å²) in [6.07, 6.45) is 2.74. The summed E-state index contributed by atoms with van der Waals surface area (Å²) in [6, 6.07) is 4.58. The summed E-state index contributed by atoms with van der Waals surface area (Å²) in [7, 11) is 1.63. The van der Waals surface area contributed by atoms with Gasteiger partial charge >= 0.3 is 0 Å². The Kier molecular flexibility index (Phi) is 3.46. The lowest BCUT2D eigenvalue weighted by atomic mass is 10.2. The number of nitrogens with two attached hydrogens (primary N) is 1. The van der Waals surface area contributed by atoms with Gasteiger partial charge in [0.2, 0.25) is 0 Å². The number of hydrogen-bond donors (Lipinski definition) is 1. The largest absolute Gasteiger partial charge is 0.495 e. The van der Waals surface area contributed by atoms with Crippen LogP contribution in [0.4, 0.5) is 11.4 Å². The lowest BCUT2D eigenvalue weighted by molar-refractivity contribution is 0.248. The van der Waals surface area contributed by atoms with Gasteiger partial charge in [-0.05, 0) is 18.9 Å². The van der Waals surface area contributed by atoms with Gasteiger partial charge in [0.15, 0.2) is 0 Å². The quantitative estimate of drug-likeness (QED) is 0.863. The number of methoxy groups -OCH3 is 1. The molecule has 0 bridgehead atoms. The Labute approximate surface area is 119 Å². The number of nitrogen functional groups attached to an aromatic ring is 1. The van der Waals surface area contributed by atoms with Crippen molar-refractivity contribution < 1.29 is 4.74 Å². The van der Waals surface area contributed by atoms with E-state index in [1.807, 2.05) is 6.07 Å². The van der Waals surface area contributed by atoms with Crippen LogP contribution in [-0.4, -0.2) is 44.2 Å². The minimum atomic E-state index is 0.591. The fourth-order valence-electron chi connectivity index (χ4n) is 2.74. The molecule has 2 fully saturated rings. The second kappa shape index (κ2) is 5.10. The smallest absolute Gasteiger partial charge is 0.143 e. The van der Waals surface area contributed by atoms with Crippen molar-refractivity contribution in [2.24, 2.45) is 0 Å². The van der Waals surface area contributed by atoms with Crippen LogP contribution < -0.4 is 15.4 Å². The zero-order valence-electron chi connectivity index (χ0n) is 11.2. The molecule has 0 amide bonds. The van der Waals surface area contributed by atoms with Crippen LogP contribution in [-0.2, 0) is 0 Å². The summed E-state index contributed by atoms with van der Waals surface area (Å²) >= 11 is 6.31. The molecule has 1 aromatic rings. The van der Waals surface area contributed by atoms with Gasteiger partial charge in [0.1, 0.15) is 5.75 Å². The lowest BCUT2D eigenvalue weighted by Gasteiger charge is -2.36. The third-order valence-electron chi connectivity index (χ3n) is 4.02. The Morgan fingerprint density at radius 2 is 1.89 bits per heavy atom. The molecule has 2 N–H and O–H groups in total. The van der Waals surface area contributed by atoms with Crippen molar-refractivity contribution in [3.05, 3.63) is 17.2 Å². The zero-order valence-corrected chi connectivity index (χ0v) is 12.0. The predicted octanol–water partition coefficient (Wildman–Crippen LogP) is 2.22. The number of benzene rings is 1. The van der Waals surface area contributed by atoms with Gasteiger partial charge < -0.3 is 15.4 Å². The normalized spacial score (nSPS) is 20.6. The first-order valence-corrected chi connectivity index (χ1v) is 7.19.